The predicted octanol–water partition coefficient (Wildman–Crippen LogP) is 4.86. The number of rotatable bonds is 5. The highest BCUT2D eigenvalue weighted by atomic mass is 32.1. The third kappa shape index (κ3) is 2.73. The molecule has 1 unspecified atom stereocenters. The Balaban J connectivity index is 1.97. The maximum atomic E-state index is 3.63. The van der Waals surface area contributed by atoms with Gasteiger partial charge in [0, 0.05) is 22.0 Å². The van der Waals surface area contributed by atoms with Gasteiger partial charge in [0.1, 0.15) is 0 Å². The van der Waals surface area contributed by atoms with Crippen molar-refractivity contribution in [2.45, 2.75) is 19.4 Å². The van der Waals surface area contributed by atoms with Crippen molar-refractivity contribution >= 4 is 32.8 Å². The van der Waals surface area contributed by atoms with Crippen LogP contribution >= 0.6 is 22.7 Å². The first kappa shape index (κ1) is 12.9. The lowest BCUT2D eigenvalue weighted by Crippen LogP contribution is -2.22. The van der Waals surface area contributed by atoms with Crippen LogP contribution in [-0.4, -0.2) is 6.54 Å². The Labute approximate surface area is 121 Å². The van der Waals surface area contributed by atoms with Gasteiger partial charge in [-0.1, -0.05) is 31.2 Å². The minimum absolute atomic E-state index is 0.408. The molecule has 0 saturated carbocycles. The van der Waals surface area contributed by atoms with E-state index in [0.717, 1.165) is 13.0 Å². The Bertz CT molecular complexity index is 640. The molecule has 0 aliphatic heterocycles. The molecule has 1 nitrogen and oxygen atoms in total. The quantitative estimate of drug-likeness (QED) is 0.707. The molecular formula is C16H17NS2. The number of benzene rings is 1. The van der Waals surface area contributed by atoms with Crippen molar-refractivity contribution in [2.75, 3.05) is 6.54 Å². The van der Waals surface area contributed by atoms with Crippen LogP contribution in [-0.2, 0) is 6.42 Å². The molecular weight excluding hydrogens is 270 g/mol. The number of likely N-dealkylation sites (N-methyl/N-ethyl adjacent to an activating group) is 1. The molecule has 0 bridgehead atoms. The summed E-state index contributed by atoms with van der Waals surface area (Å²) in [5.41, 5.74) is 1.43. The fraction of sp³-hybridized carbons (Fsp3) is 0.250. The van der Waals surface area contributed by atoms with Gasteiger partial charge in [0.15, 0.2) is 0 Å². The van der Waals surface area contributed by atoms with E-state index in [0.29, 0.717) is 6.04 Å². The summed E-state index contributed by atoms with van der Waals surface area (Å²) in [6, 6.07) is 13.6. The molecule has 0 fully saturated rings. The van der Waals surface area contributed by atoms with E-state index in [-0.39, 0.29) is 0 Å². The van der Waals surface area contributed by atoms with Gasteiger partial charge in [0.25, 0.3) is 0 Å². The van der Waals surface area contributed by atoms with Crippen LogP contribution in [0.25, 0.3) is 10.1 Å². The van der Waals surface area contributed by atoms with Gasteiger partial charge in [-0.05, 0) is 40.4 Å². The van der Waals surface area contributed by atoms with Crippen molar-refractivity contribution in [3.05, 3.63) is 57.6 Å². The molecule has 0 spiro atoms. The maximum Gasteiger partial charge on any atom is 0.0390 e. The van der Waals surface area contributed by atoms with Gasteiger partial charge in [-0.25, -0.2) is 0 Å². The maximum absolute atomic E-state index is 3.63. The highest BCUT2D eigenvalue weighted by Gasteiger charge is 2.15. The summed E-state index contributed by atoms with van der Waals surface area (Å²) in [5, 5.41) is 9.33. The van der Waals surface area contributed by atoms with Crippen LogP contribution in [0.3, 0.4) is 0 Å². The summed E-state index contributed by atoms with van der Waals surface area (Å²) in [6.45, 7) is 3.17. The van der Waals surface area contributed by atoms with E-state index >= 15 is 0 Å². The van der Waals surface area contributed by atoms with Crippen molar-refractivity contribution in [3.63, 3.8) is 0 Å². The Morgan fingerprint density at radius 2 is 2.00 bits per heavy atom. The van der Waals surface area contributed by atoms with Crippen LogP contribution in [0.15, 0.2) is 47.2 Å². The lowest BCUT2D eigenvalue weighted by Gasteiger charge is -2.18. The largest absolute Gasteiger partial charge is 0.310 e. The van der Waals surface area contributed by atoms with Crippen molar-refractivity contribution in [3.8, 4) is 0 Å². The van der Waals surface area contributed by atoms with Gasteiger partial charge in [-0.3, -0.25) is 0 Å². The number of nitrogens with one attached hydrogen (secondary N) is 1. The first-order valence-corrected chi connectivity index (χ1v) is 8.36. The SMILES string of the molecule is CCNC(Cc1cccs1)c1cccc2ccsc12. The summed E-state index contributed by atoms with van der Waals surface area (Å²) >= 11 is 3.69. The summed E-state index contributed by atoms with van der Waals surface area (Å²) in [4.78, 5) is 1.44. The van der Waals surface area contributed by atoms with Crippen molar-refractivity contribution in [1.29, 1.82) is 0 Å². The molecule has 0 amide bonds. The molecule has 2 aromatic heterocycles. The van der Waals surface area contributed by atoms with E-state index in [1.807, 2.05) is 22.7 Å². The van der Waals surface area contributed by atoms with E-state index in [4.69, 9.17) is 0 Å². The number of hydrogen-bond acceptors (Lipinski definition) is 3. The molecule has 1 atom stereocenters. The Morgan fingerprint density at radius 1 is 1.05 bits per heavy atom. The summed E-state index contributed by atoms with van der Waals surface area (Å²) in [5.74, 6) is 0. The number of thiophene rings is 2. The Kier molecular flexibility index (Phi) is 3.97. The smallest absolute Gasteiger partial charge is 0.0390 e. The van der Waals surface area contributed by atoms with E-state index in [1.54, 1.807) is 0 Å². The molecule has 3 heteroatoms. The second-order valence-corrected chi connectivity index (χ2v) is 6.53. The standard InChI is InChI=1S/C16H17NS2/c1-2-17-15(11-13-6-4-9-18-13)14-7-3-5-12-8-10-19-16(12)14/h3-10,15,17H,2,11H2,1H3. The molecule has 0 radical (unpaired) electrons. The molecule has 0 aliphatic rings. The van der Waals surface area contributed by atoms with Gasteiger partial charge < -0.3 is 5.32 Å². The first-order valence-electron chi connectivity index (χ1n) is 6.60. The van der Waals surface area contributed by atoms with E-state index in [9.17, 15) is 0 Å². The zero-order chi connectivity index (χ0) is 13.1. The number of fused-ring (bicyclic) bond motifs is 1. The van der Waals surface area contributed by atoms with Crippen LogP contribution < -0.4 is 5.32 Å². The van der Waals surface area contributed by atoms with Gasteiger partial charge in [-0.15, -0.1) is 22.7 Å². The van der Waals surface area contributed by atoms with E-state index in [2.05, 4.69) is 59.4 Å². The molecule has 1 aromatic carbocycles. The summed E-state index contributed by atoms with van der Waals surface area (Å²) in [6.07, 6.45) is 1.07. The highest BCUT2D eigenvalue weighted by molar-refractivity contribution is 7.17. The second kappa shape index (κ2) is 5.87. The number of hydrogen-bond donors (Lipinski definition) is 1. The van der Waals surface area contributed by atoms with E-state index in [1.165, 1.54) is 20.5 Å². The lowest BCUT2D eigenvalue weighted by molar-refractivity contribution is 0.557. The van der Waals surface area contributed by atoms with Crippen LogP contribution in [0.5, 0.6) is 0 Å². The lowest BCUT2D eigenvalue weighted by atomic mass is 10.0. The molecule has 0 aliphatic carbocycles. The zero-order valence-electron chi connectivity index (χ0n) is 10.9. The second-order valence-electron chi connectivity index (χ2n) is 4.58. The zero-order valence-corrected chi connectivity index (χ0v) is 12.6. The normalized spacial score (nSPS) is 12.9. The molecule has 3 aromatic rings. The molecule has 98 valence electrons. The van der Waals surface area contributed by atoms with E-state index < -0.39 is 0 Å². The average Bonchev–Trinajstić information content (AvgIpc) is 3.08. The minimum Gasteiger partial charge on any atom is -0.310 e. The van der Waals surface area contributed by atoms with Gasteiger partial charge in [0.2, 0.25) is 0 Å². The molecule has 2 heterocycles. The third-order valence-electron chi connectivity index (χ3n) is 3.32. The minimum atomic E-state index is 0.408. The van der Waals surface area contributed by atoms with Crippen molar-refractivity contribution < 1.29 is 0 Å². The summed E-state index contributed by atoms with van der Waals surface area (Å²) in [7, 11) is 0. The van der Waals surface area contributed by atoms with Crippen molar-refractivity contribution in [1.82, 2.24) is 5.32 Å². The molecule has 1 N–H and O–H groups in total. The van der Waals surface area contributed by atoms with Gasteiger partial charge in [0.05, 0.1) is 0 Å². The fourth-order valence-corrected chi connectivity index (χ4v) is 4.18. The molecule has 0 saturated heterocycles. The Morgan fingerprint density at radius 3 is 2.79 bits per heavy atom. The van der Waals surface area contributed by atoms with Crippen LogP contribution in [0.2, 0.25) is 0 Å². The topological polar surface area (TPSA) is 12.0 Å². The monoisotopic (exact) mass is 287 g/mol. The highest BCUT2D eigenvalue weighted by Crippen LogP contribution is 2.31. The van der Waals surface area contributed by atoms with Gasteiger partial charge in [-0.2, -0.15) is 0 Å². The first-order chi connectivity index (χ1) is 9.38. The molecule has 19 heavy (non-hydrogen) atoms. The fourth-order valence-electron chi connectivity index (χ4n) is 2.46. The van der Waals surface area contributed by atoms with Crippen LogP contribution in [0.1, 0.15) is 23.4 Å². The Hall–Kier alpha value is -1.16. The van der Waals surface area contributed by atoms with Gasteiger partial charge >= 0.3 is 0 Å². The average molecular weight is 287 g/mol. The van der Waals surface area contributed by atoms with Crippen LogP contribution in [0.4, 0.5) is 0 Å². The third-order valence-corrected chi connectivity index (χ3v) is 5.20. The molecule has 3 rings (SSSR count). The van der Waals surface area contributed by atoms with Crippen LogP contribution in [0, 0.1) is 0 Å². The summed E-state index contributed by atoms with van der Waals surface area (Å²) < 4.78 is 1.42. The van der Waals surface area contributed by atoms with Crippen molar-refractivity contribution in [2.24, 2.45) is 0 Å². The predicted molar refractivity (Wildman–Crippen MR) is 86.3 cm³/mol.